The number of benzene rings is 1. The van der Waals surface area contributed by atoms with Crippen molar-refractivity contribution in [3.63, 3.8) is 0 Å². The monoisotopic (exact) mass is 227 g/mol. The topological polar surface area (TPSA) is 59.9 Å². The van der Waals surface area contributed by atoms with Crippen LogP contribution in [-0.2, 0) is 0 Å². The molecule has 4 nitrogen and oxygen atoms in total. The second-order valence-electron chi connectivity index (χ2n) is 3.88. The van der Waals surface area contributed by atoms with E-state index in [0.29, 0.717) is 18.5 Å². The number of rotatable bonds is 3. The number of carbonyl (C=O) groups is 1. The van der Waals surface area contributed by atoms with Gasteiger partial charge in [-0.05, 0) is 6.07 Å². The maximum absolute atomic E-state index is 12.1. The van der Waals surface area contributed by atoms with E-state index in [1.54, 1.807) is 18.1 Å². The summed E-state index contributed by atoms with van der Waals surface area (Å²) in [4.78, 5) is 16.8. The minimum Gasteiger partial charge on any atom is -0.360 e. The summed E-state index contributed by atoms with van der Waals surface area (Å²) in [7, 11) is 1.71. The fourth-order valence-corrected chi connectivity index (χ4v) is 1.77. The Bertz CT molecular complexity index is 580. The van der Waals surface area contributed by atoms with Crippen molar-refractivity contribution >= 4 is 16.8 Å². The molecule has 1 heterocycles. The van der Waals surface area contributed by atoms with Crippen molar-refractivity contribution in [2.24, 2.45) is 0 Å². The number of aromatic nitrogens is 1. The molecule has 0 unspecified atom stereocenters. The first-order chi connectivity index (χ1) is 8.24. The lowest BCUT2D eigenvalue weighted by molar-refractivity contribution is 0.0800. The number of amides is 1. The van der Waals surface area contributed by atoms with E-state index in [-0.39, 0.29) is 5.91 Å². The maximum atomic E-state index is 12.1. The largest absolute Gasteiger partial charge is 0.360 e. The summed E-state index contributed by atoms with van der Waals surface area (Å²) in [5.74, 6) is -0.0577. The van der Waals surface area contributed by atoms with Crippen molar-refractivity contribution in [3.8, 4) is 6.07 Å². The summed E-state index contributed by atoms with van der Waals surface area (Å²) in [5.41, 5.74) is 1.60. The van der Waals surface area contributed by atoms with Crippen molar-refractivity contribution in [1.29, 1.82) is 5.26 Å². The third-order valence-corrected chi connectivity index (χ3v) is 2.73. The highest BCUT2D eigenvalue weighted by atomic mass is 16.2. The van der Waals surface area contributed by atoms with Gasteiger partial charge in [-0.1, -0.05) is 18.2 Å². The number of nitrogens with one attached hydrogen (secondary N) is 1. The fourth-order valence-electron chi connectivity index (χ4n) is 1.77. The number of aromatic amines is 1. The molecule has 86 valence electrons. The van der Waals surface area contributed by atoms with Crippen LogP contribution in [-0.4, -0.2) is 29.4 Å². The van der Waals surface area contributed by atoms with Gasteiger partial charge >= 0.3 is 0 Å². The van der Waals surface area contributed by atoms with Gasteiger partial charge in [0.1, 0.15) is 0 Å². The molecule has 1 amide bonds. The van der Waals surface area contributed by atoms with E-state index in [2.05, 4.69) is 4.98 Å². The molecule has 0 aliphatic carbocycles. The zero-order valence-corrected chi connectivity index (χ0v) is 9.60. The fraction of sp³-hybridized carbons (Fsp3) is 0.231. The van der Waals surface area contributed by atoms with E-state index in [1.807, 2.05) is 30.3 Å². The third kappa shape index (κ3) is 2.13. The van der Waals surface area contributed by atoms with Gasteiger partial charge in [-0.2, -0.15) is 5.26 Å². The summed E-state index contributed by atoms with van der Waals surface area (Å²) >= 11 is 0. The van der Waals surface area contributed by atoms with Gasteiger partial charge in [0.25, 0.3) is 5.91 Å². The van der Waals surface area contributed by atoms with E-state index in [0.717, 1.165) is 10.9 Å². The molecule has 2 rings (SSSR count). The number of para-hydroxylation sites is 1. The van der Waals surface area contributed by atoms with Gasteiger partial charge in [0.2, 0.25) is 0 Å². The van der Waals surface area contributed by atoms with Crippen molar-refractivity contribution in [1.82, 2.24) is 9.88 Å². The molecule has 0 spiro atoms. The highest BCUT2D eigenvalue weighted by molar-refractivity contribution is 6.06. The van der Waals surface area contributed by atoms with Crippen LogP contribution < -0.4 is 0 Å². The number of carbonyl (C=O) groups excluding carboxylic acids is 1. The number of hydrogen-bond donors (Lipinski definition) is 1. The van der Waals surface area contributed by atoms with E-state index in [9.17, 15) is 4.79 Å². The summed E-state index contributed by atoms with van der Waals surface area (Å²) in [5, 5.41) is 9.42. The predicted octanol–water partition coefficient (Wildman–Crippen LogP) is 2.15. The molecule has 1 aromatic heterocycles. The Morgan fingerprint density at radius 3 is 3.00 bits per heavy atom. The number of hydrogen-bond acceptors (Lipinski definition) is 2. The zero-order chi connectivity index (χ0) is 12.3. The minimum absolute atomic E-state index is 0.0577. The van der Waals surface area contributed by atoms with E-state index >= 15 is 0 Å². The number of H-pyrrole nitrogens is 1. The lowest BCUT2D eigenvalue weighted by atomic mass is 10.1. The van der Waals surface area contributed by atoms with Gasteiger partial charge in [0.15, 0.2) is 0 Å². The SMILES string of the molecule is CN(CCC#N)C(=O)c1c[nH]c2ccccc12. The summed E-state index contributed by atoms with van der Waals surface area (Å²) in [6, 6.07) is 9.71. The molecule has 0 radical (unpaired) electrons. The third-order valence-electron chi connectivity index (χ3n) is 2.73. The molecular weight excluding hydrogens is 214 g/mol. The molecule has 0 aliphatic heterocycles. The molecule has 0 saturated carbocycles. The van der Waals surface area contributed by atoms with Gasteiger partial charge in [-0.15, -0.1) is 0 Å². The van der Waals surface area contributed by atoms with Crippen LogP contribution in [0.4, 0.5) is 0 Å². The Morgan fingerprint density at radius 2 is 2.24 bits per heavy atom. The zero-order valence-electron chi connectivity index (χ0n) is 9.60. The van der Waals surface area contributed by atoms with Gasteiger partial charge in [-0.25, -0.2) is 0 Å². The smallest absolute Gasteiger partial charge is 0.255 e. The van der Waals surface area contributed by atoms with Crippen molar-refractivity contribution in [2.75, 3.05) is 13.6 Å². The second-order valence-corrected chi connectivity index (χ2v) is 3.88. The first-order valence-corrected chi connectivity index (χ1v) is 5.42. The molecule has 2 aromatic rings. The molecule has 0 fully saturated rings. The molecule has 0 bridgehead atoms. The lowest BCUT2D eigenvalue weighted by Gasteiger charge is -2.14. The van der Waals surface area contributed by atoms with Crippen LogP contribution in [0.15, 0.2) is 30.5 Å². The van der Waals surface area contributed by atoms with Crippen molar-refractivity contribution in [3.05, 3.63) is 36.0 Å². The Balaban J connectivity index is 2.28. The maximum Gasteiger partial charge on any atom is 0.255 e. The Morgan fingerprint density at radius 1 is 1.47 bits per heavy atom. The number of fused-ring (bicyclic) bond motifs is 1. The van der Waals surface area contributed by atoms with Crippen LogP contribution >= 0.6 is 0 Å². The van der Waals surface area contributed by atoms with Gasteiger partial charge in [0, 0.05) is 30.7 Å². The van der Waals surface area contributed by atoms with Crippen LogP contribution in [0.1, 0.15) is 16.8 Å². The van der Waals surface area contributed by atoms with Gasteiger partial charge in [-0.3, -0.25) is 4.79 Å². The van der Waals surface area contributed by atoms with Gasteiger partial charge in [0.05, 0.1) is 18.1 Å². The molecular formula is C13H13N3O. The van der Waals surface area contributed by atoms with Crippen LogP contribution in [0.3, 0.4) is 0 Å². The highest BCUT2D eigenvalue weighted by Gasteiger charge is 2.15. The lowest BCUT2D eigenvalue weighted by Crippen LogP contribution is -2.27. The van der Waals surface area contributed by atoms with Crippen LogP contribution in [0.5, 0.6) is 0 Å². The minimum atomic E-state index is -0.0577. The second kappa shape index (κ2) is 4.71. The molecule has 4 heteroatoms. The van der Waals surface area contributed by atoms with E-state index < -0.39 is 0 Å². The average Bonchev–Trinajstić information content (AvgIpc) is 2.78. The highest BCUT2D eigenvalue weighted by Crippen LogP contribution is 2.18. The van der Waals surface area contributed by atoms with Crippen molar-refractivity contribution in [2.45, 2.75) is 6.42 Å². The molecule has 1 aromatic carbocycles. The summed E-state index contributed by atoms with van der Waals surface area (Å²) < 4.78 is 0. The van der Waals surface area contributed by atoms with Gasteiger partial charge < -0.3 is 9.88 Å². The Hall–Kier alpha value is -2.28. The molecule has 0 atom stereocenters. The summed E-state index contributed by atoms with van der Waals surface area (Å²) in [6.45, 7) is 0.453. The van der Waals surface area contributed by atoms with Crippen LogP contribution in [0, 0.1) is 11.3 Å². The average molecular weight is 227 g/mol. The first kappa shape index (κ1) is 11.2. The molecule has 0 saturated heterocycles. The molecule has 17 heavy (non-hydrogen) atoms. The van der Waals surface area contributed by atoms with Crippen LogP contribution in [0.25, 0.3) is 10.9 Å². The molecule has 0 aliphatic rings. The van der Waals surface area contributed by atoms with Crippen molar-refractivity contribution < 1.29 is 4.79 Å². The quantitative estimate of drug-likeness (QED) is 0.873. The normalized spacial score (nSPS) is 10.1. The number of nitrogens with zero attached hydrogens (tertiary/aromatic N) is 2. The molecule has 1 N–H and O–H groups in total. The van der Waals surface area contributed by atoms with E-state index in [4.69, 9.17) is 5.26 Å². The Labute approximate surface area is 99.5 Å². The van der Waals surface area contributed by atoms with E-state index in [1.165, 1.54) is 0 Å². The number of nitriles is 1. The summed E-state index contributed by atoms with van der Waals surface area (Å²) in [6.07, 6.45) is 2.07. The Kier molecular flexibility index (Phi) is 3.10. The standard InChI is InChI=1S/C13H13N3O/c1-16(8-4-7-14)13(17)11-9-15-12-6-3-2-5-10(11)12/h2-3,5-6,9,15H,4,8H2,1H3. The first-order valence-electron chi connectivity index (χ1n) is 5.42. The van der Waals surface area contributed by atoms with Crippen LogP contribution in [0.2, 0.25) is 0 Å². The predicted molar refractivity (Wildman–Crippen MR) is 65.5 cm³/mol.